The average Bonchev–Trinajstić information content (AvgIpc) is 2.31. The van der Waals surface area contributed by atoms with Crippen LogP contribution in [0.15, 0.2) is 28.9 Å². The number of hydrogen-bond acceptors (Lipinski definition) is 3. The number of halogens is 1. The van der Waals surface area contributed by atoms with Crippen molar-refractivity contribution in [3.63, 3.8) is 0 Å². The van der Waals surface area contributed by atoms with Crippen molar-refractivity contribution < 1.29 is 0 Å². The predicted molar refractivity (Wildman–Crippen MR) is 87.6 cm³/mol. The van der Waals surface area contributed by atoms with Crippen molar-refractivity contribution in [2.24, 2.45) is 0 Å². The van der Waals surface area contributed by atoms with Crippen LogP contribution in [-0.2, 0) is 5.41 Å². The van der Waals surface area contributed by atoms with Crippen LogP contribution in [0.25, 0.3) is 0 Å². The molecule has 0 fully saturated rings. The second kappa shape index (κ2) is 5.52. The molecule has 0 spiro atoms. The summed E-state index contributed by atoms with van der Waals surface area (Å²) in [6.07, 6.45) is 0. The lowest BCUT2D eigenvalue weighted by molar-refractivity contribution is 0.544. The second-order valence-corrected chi connectivity index (χ2v) is 6.91. The molecule has 20 heavy (non-hydrogen) atoms. The van der Waals surface area contributed by atoms with Crippen LogP contribution in [0, 0.1) is 13.8 Å². The molecule has 3 nitrogen and oxygen atoms in total. The minimum absolute atomic E-state index is 0.0808. The number of benzene rings is 1. The zero-order valence-corrected chi connectivity index (χ0v) is 14.2. The topological polar surface area (TPSA) is 37.8 Å². The Bertz CT molecular complexity index is 630. The minimum Gasteiger partial charge on any atom is -0.340 e. The van der Waals surface area contributed by atoms with Gasteiger partial charge in [-0.05, 0) is 41.4 Å². The van der Waals surface area contributed by atoms with Crippen molar-refractivity contribution in [3.8, 4) is 0 Å². The molecule has 0 atom stereocenters. The highest BCUT2D eigenvalue weighted by Gasteiger charge is 2.18. The summed E-state index contributed by atoms with van der Waals surface area (Å²) in [5, 5.41) is 3.37. The Hall–Kier alpha value is -1.42. The number of aryl methyl sites for hydroxylation is 2. The molecule has 0 aliphatic heterocycles. The molecule has 0 unspecified atom stereocenters. The van der Waals surface area contributed by atoms with Gasteiger partial charge in [-0.1, -0.05) is 38.5 Å². The van der Waals surface area contributed by atoms with Gasteiger partial charge in [-0.15, -0.1) is 0 Å². The standard InChI is InChI=1S/C16H20BrN3/c1-10-6-7-12(11(2)8-10)18-14-9-13(17)19-15(20-14)16(3,4)5/h6-9H,1-5H3,(H,18,19,20). The SMILES string of the molecule is Cc1ccc(Nc2cc(Br)nc(C(C)(C)C)n2)c(C)c1. The van der Waals surface area contributed by atoms with Gasteiger partial charge in [-0.3, -0.25) is 0 Å². The first-order chi connectivity index (χ1) is 9.25. The normalized spacial score (nSPS) is 11.5. The lowest BCUT2D eigenvalue weighted by Crippen LogP contribution is -2.17. The summed E-state index contributed by atoms with van der Waals surface area (Å²) in [6, 6.07) is 8.23. The summed E-state index contributed by atoms with van der Waals surface area (Å²) in [6.45, 7) is 10.5. The van der Waals surface area contributed by atoms with Crippen LogP contribution in [0.2, 0.25) is 0 Å². The van der Waals surface area contributed by atoms with E-state index in [1.165, 1.54) is 11.1 Å². The maximum absolute atomic E-state index is 4.61. The third kappa shape index (κ3) is 3.57. The van der Waals surface area contributed by atoms with Crippen LogP contribution < -0.4 is 5.32 Å². The van der Waals surface area contributed by atoms with Gasteiger partial charge in [0.1, 0.15) is 16.2 Å². The fourth-order valence-corrected chi connectivity index (χ4v) is 2.29. The number of aromatic nitrogens is 2. The average molecular weight is 334 g/mol. The van der Waals surface area contributed by atoms with E-state index in [-0.39, 0.29) is 5.41 Å². The molecule has 0 aliphatic rings. The molecule has 0 saturated heterocycles. The summed E-state index contributed by atoms with van der Waals surface area (Å²) in [7, 11) is 0. The third-order valence-electron chi connectivity index (χ3n) is 3.01. The molecule has 106 valence electrons. The highest BCUT2D eigenvalue weighted by molar-refractivity contribution is 9.10. The fourth-order valence-electron chi connectivity index (χ4n) is 1.91. The molecule has 2 aromatic rings. The Morgan fingerprint density at radius 3 is 2.35 bits per heavy atom. The van der Waals surface area contributed by atoms with E-state index in [0.717, 1.165) is 21.9 Å². The van der Waals surface area contributed by atoms with Crippen LogP contribution >= 0.6 is 15.9 Å². The van der Waals surface area contributed by atoms with E-state index in [1.54, 1.807) is 0 Å². The van der Waals surface area contributed by atoms with Gasteiger partial charge in [0.05, 0.1) is 0 Å². The van der Waals surface area contributed by atoms with Gasteiger partial charge in [0.15, 0.2) is 0 Å². The quantitative estimate of drug-likeness (QED) is 0.794. The van der Waals surface area contributed by atoms with Gasteiger partial charge >= 0.3 is 0 Å². The molecule has 0 saturated carbocycles. The molecular weight excluding hydrogens is 314 g/mol. The Morgan fingerprint density at radius 2 is 1.75 bits per heavy atom. The molecule has 0 aliphatic carbocycles. The van der Waals surface area contributed by atoms with Crippen molar-refractivity contribution in [1.29, 1.82) is 0 Å². The van der Waals surface area contributed by atoms with E-state index in [4.69, 9.17) is 0 Å². The van der Waals surface area contributed by atoms with Crippen LogP contribution in [0.5, 0.6) is 0 Å². The molecule has 1 heterocycles. The Morgan fingerprint density at radius 1 is 1.05 bits per heavy atom. The molecule has 4 heteroatoms. The lowest BCUT2D eigenvalue weighted by Gasteiger charge is -2.18. The molecule has 0 amide bonds. The van der Waals surface area contributed by atoms with Gasteiger partial charge in [-0.2, -0.15) is 0 Å². The molecule has 0 radical (unpaired) electrons. The molecular formula is C16H20BrN3. The van der Waals surface area contributed by atoms with Crippen molar-refractivity contribution in [2.75, 3.05) is 5.32 Å². The lowest BCUT2D eigenvalue weighted by atomic mass is 9.96. The van der Waals surface area contributed by atoms with E-state index in [2.05, 4.69) is 84.0 Å². The summed E-state index contributed by atoms with van der Waals surface area (Å²) in [5.41, 5.74) is 3.45. The van der Waals surface area contributed by atoms with Gasteiger partial charge < -0.3 is 5.32 Å². The number of nitrogens with zero attached hydrogens (tertiary/aromatic N) is 2. The summed E-state index contributed by atoms with van der Waals surface area (Å²) in [4.78, 5) is 9.06. The van der Waals surface area contributed by atoms with Crippen molar-refractivity contribution in [2.45, 2.75) is 40.0 Å². The Kier molecular flexibility index (Phi) is 4.14. The monoisotopic (exact) mass is 333 g/mol. The number of nitrogens with one attached hydrogen (secondary N) is 1. The molecule has 0 bridgehead atoms. The largest absolute Gasteiger partial charge is 0.340 e. The number of hydrogen-bond donors (Lipinski definition) is 1. The van der Waals surface area contributed by atoms with Crippen LogP contribution in [0.3, 0.4) is 0 Å². The van der Waals surface area contributed by atoms with Gasteiger partial charge in [0, 0.05) is 17.2 Å². The van der Waals surface area contributed by atoms with Crippen molar-refractivity contribution in [3.05, 3.63) is 45.8 Å². The smallest absolute Gasteiger partial charge is 0.137 e. The number of anilines is 2. The maximum Gasteiger partial charge on any atom is 0.137 e. The highest BCUT2D eigenvalue weighted by Crippen LogP contribution is 2.25. The Balaban J connectivity index is 2.36. The van der Waals surface area contributed by atoms with Crippen molar-refractivity contribution in [1.82, 2.24) is 9.97 Å². The first-order valence-corrected chi connectivity index (χ1v) is 7.44. The van der Waals surface area contributed by atoms with Gasteiger partial charge in [0.2, 0.25) is 0 Å². The summed E-state index contributed by atoms with van der Waals surface area (Å²) >= 11 is 3.46. The van der Waals surface area contributed by atoms with Crippen LogP contribution in [0.4, 0.5) is 11.5 Å². The van der Waals surface area contributed by atoms with Crippen LogP contribution in [0.1, 0.15) is 37.7 Å². The molecule has 1 N–H and O–H groups in total. The first kappa shape index (κ1) is 15.0. The van der Waals surface area contributed by atoms with Gasteiger partial charge in [-0.25, -0.2) is 9.97 Å². The van der Waals surface area contributed by atoms with E-state index >= 15 is 0 Å². The Labute approximate surface area is 129 Å². The van der Waals surface area contributed by atoms with E-state index in [9.17, 15) is 0 Å². The highest BCUT2D eigenvalue weighted by atomic mass is 79.9. The van der Waals surface area contributed by atoms with Gasteiger partial charge in [0.25, 0.3) is 0 Å². The molecule has 1 aromatic carbocycles. The van der Waals surface area contributed by atoms with Crippen LogP contribution in [-0.4, -0.2) is 9.97 Å². The predicted octanol–water partition coefficient (Wildman–Crippen LogP) is 4.90. The van der Waals surface area contributed by atoms with E-state index < -0.39 is 0 Å². The third-order valence-corrected chi connectivity index (χ3v) is 3.42. The molecule has 1 aromatic heterocycles. The zero-order valence-electron chi connectivity index (χ0n) is 12.6. The fraction of sp³-hybridized carbons (Fsp3) is 0.375. The van der Waals surface area contributed by atoms with Crippen molar-refractivity contribution >= 4 is 27.4 Å². The summed E-state index contributed by atoms with van der Waals surface area (Å²) < 4.78 is 0.796. The molecule has 2 rings (SSSR count). The van der Waals surface area contributed by atoms with E-state index in [0.29, 0.717) is 0 Å². The number of rotatable bonds is 2. The minimum atomic E-state index is -0.0808. The van der Waals surface area contributed by atoms with E-state index in [1.807, 2.05) is 6.07 Å². The maximum atomic E-state index is 4.61. The second-order valence-electron chi connectivity index (χ2n) is 6.09. The zero-order chi connectivity index (χ0) is 14.9. The first-order valence-electron chi connectivity index (χ1n) is 6.65. The summed E-state index contributed by atoms with van der Waals surface area (Å²) in [5.74, 6) is 1.63.